The van der Waals surface area contributed by atoms with Crippen LogP contribution in [0.3, 0.4) is 0 Å². The van der Waals surface area contributed by atoms with E-state index < -0.39 is 0 Å². The molecule has 3 amide bonds. The molecule has 0 spiro atoms. The number of benzene rings is 1. The first-order chi connectivity index (χ1) is 12.9. The molecular formula is C21H29N3O3. The quantitative estimate of drug-likeness (QED) is 0.864. The first kappa shape index (κ1) is 19.4. The van der Waals surface area contributed by atoms with Gasteiger partial charge < -0.3 is 15.1 Å². The Hall–Kier alpha value is -2.37. The smallest absolute Gasteiger partial charge is 0.243 e. The van der Waals surface area contributed by atoms with Gasteiger partial charge in [0.1, 0.15) is 0 Å². The molecule has 1 aromatic rings. The van der Waals surface area contributed by atoms with Crippen LogP contribution in [0.2, 0.25) is 0 Å². The summed E-state index contributed by atoms with van der Waals surface area (Å²) in [6, 6.07) is 6.13. The lowest BCUT2D eigenvalue weighted by atomic mass is 10.1. The zero-order valence-electron chi connectivity index (χ0n) is 16.5. The van der Waals surface area contributed by atoms with Crippen molar-refractivity contribution >= 4 is 23.4 Å². The number of anilines is 1. The van der Waals surface area contributed by atoms with E-state index in [0.717, 1.165) is 42.5 Å². The summed E-state index contributed by atoms with van der Waals surface area (Å²) < 4.78 is 0. The third kappa shape index (κ3) is 4.31. The van der Waals surface area contributed by atoms with Crippen molar-refractivity contribution in [3.8, 4) is 0 Å². The highest BCUT2D eigenvalue weighted by atomic mass is 16.2. The molecule has 0 bridgehead atoms. The summed E-state index contributed by atoms with van der Waals surface area (Å²) in [5, 5.41) is 2.91. The van der Waals surface area contributed by atoms with Crippen molar-refractivity contribution in [2.75, 3.05) is 25.5 Å². The van der Waals surface area contributed by atoms with E-state index in [-0.39, 0.29) is 36.6 Å². The topological polar surface area (TPSA) is 69.7 Å². The molecule has 1 aliphatic carbocycles. The lowest BCUT2D eigenvalue weighted by Crippen LogP contribution is -2.40. The molecule has 2 aliphatic rings. The Kier molecular flexibility index (Phi) is 5.82. The predicted molar refractivity (Wildman–Crippen MR) is 104 cm³/mol. The summed E-state index contributed by atoms with van der Waals surface area (Å²) in [4.78, 5) is 40.8. The maximum absolute atomic E-state index is 12.7. The van der Waals surface area contributed by atoms with E-state index in [2.05, 4.69) is 5.32 Å². The molecule has 1 saturated heterocycles. The average Bonchev–Trinajstić information content (AvgIpc) is 3.27. The van der Waals surface area contributed by atoms with E-state index in [1.165, 1.54) is 4.90 Å². The standard InChI is InChI=1S/C21H29N3O3/c1-14-7-6-8-15(2)20(14)22-18(25)13-23(3)21(27)16-11-19(26)24(12-16)17-9-4-5-10-17/h6-8,16-17H,4-5,9-13H2,1-3H3,(H,22,25)/t16-/m0/s1. The number of likely N-dealkylation sites (N-methyl/N-ethyl adjacent to an activating group) is 1. The number of nitrogens with zero attached hydrogens (tertiary/aromatic N) is 2. The minimum absolute atomic E-state index is 0.0132. The highest BCUT2D eigenvalue weighted by molar-refractivity contribution is 5.97. The van der Waals surface area contributed by atoms with E-state index in [9.17, 15) is 14.4 Å². The average molecular weight is 371 g/mol. The number of amides is 3. The van der Waals surface area contributed by atoms with E-state index >= 15 is 0 Å². The number of hydrogen-bond donors (Lipinski definition) is 1. The Balaban J connectivity index is 1.56. The Labute approximate surface area is 160 Å². The van der Waals surface area contributed by atoms with Crippen LogP contribution in [0.1, 0.15) is 43.2 Å². The second-order valence-electron chi connectivity index (χ2n) is 7.89. The van der Waals surface area contributed by atoms with Crippen molar-refractivity contribution in [2.24, 2.45) is 5.92 Å². The highest BCUT2D eigenvalue weighted by Gasteiger charge is 2.39. The molecule has 3 rings (SSSR count). The molecule has 146 valence electrons. The fourth-order valence-electron chi connectivity index (χ4n) is 4.26. The van der Waals surface area contributed by atoms with Crippen LogP contribution in [0.4, 0.5) is 5.69 Å². The third-order valence-corrected chi connectivity index (χ3v) is 5.78. The second kappa shape index (κ2) is 8.11. The second-order valence-corrected chi connectivity index (χ2v) is 7.89. The van der Waals surface area contributed by atoms with Gasteiger partial charge in [0, 0.05) is 31.7 Å². The van der Waals surface area contributed by atoms with E-state index in [0.29, 0.717) is 12.6 Å². The van der Waals surface area contributed by atoms with E-state index in [4.69, 9.17) is 0 Å². The molecule has 2 fully saturated rings. The molecule has 1 heterocycles. The van der Waals surface area contributed by atoms with E-state index in [1.54, 1.807) is 7.05 Å². The number of hydrogen-bond acceptors (Lipinski definition) is 3. The van der Waals surface area contributed by atoms with Crippen LogP contribution in [0.5, 0.6) is 0 Å². The van der Waals surface area contributed by atoms with Crippen LogP contribution in [0.15, 0.2) is 18.2 Å². The Morgan fingerprint density at radius 1 is 1.19 bits per heavy atom. The molecule has 27 heavy (non-hydrogen) atoms. The van der Waals surface area contributed by atoms with Gasteiger partial charge in [-0.3, -0.25) is 14.4 Å². The first-order valence-electron chi connectivity index (χ1n) is 9.77. The largest absolute Gasteiger partial charge is 0.339 e. The number of para-hydroxylation sites is 1. The molecule has 6 heteroatoms. The van der Waals surface area contributed by atoms with Crippen LogP contribution in [-0.4, -0.2) is 53.7 Å². The van der Waals surface area contributed by atoms with Crippen LogP contribution in [0.25, 0.3) is 0 Å². The normalized spacial score (nSPS) is 20.2. The number of nitrogens with one attached hydrogen (secondary N) is 1. The van der Waals surface area contributed by atoms with Gasteiger partial charge >= 0.3 is 0 Å². The highest BCUT2D eigenvalue weighted by Crippen LogP contribution is 2.30. The SMILES string of the molecule is Cc1cccc(C)c1NC(=O)CN(C)C(=O)[C@H]1CC(=O)N(C2CCCC2)C1. The van der Waals surface area contributed by atoms with Gasteiger partial charge in [-0.25, -0.2) is 0 Å². The summed E-state index contributed by atoms with van der Waals surface area (Å²) in [7, 11) is 1.63. The number of carbonyl (C=O) groups is 3. The minimum atomic E-state index is -0.337. The summed E-state index contributed by atoms with van der Waals surface area (Å²) in [6.45, 7) is 4.37. The van der Waals surface area contributed by atoms with Crippen LogP contribution in [0, 0.1) is 19.8 Å². The number of likely N-dealkylation sites (tertiary alicyclic amines) is 1. The Bertz CT molecular complexity index is 720. The summed E-state index contributed by atoms with van der Waals surface area (Å²) in [5.74, 6) is -0.606. The Morgan fingerprint density at radius 3 is 2.44 bits per heavy atom. The van der Waals surface area contributed by atoms with Gasteiger partial charge in [0.15, 0.2) is 0 Å². The van der Waals surface area contributed by atoms with Gasteiger partial charge in [0.05, 0.1) is 12.5 Å². The molecule has 0 unspecified atom stereocenters. The minimum Gasteiger partial charge on any atom is -0.339 e. The molecule has 1 N–H and O–H groups in total. The van der Waals surface area contributed by atoms with E-state index in [1.807, 2.05) is 36.9 Å². The third-order valence-electron chi connectivity index (χ3n) is 5.78. The first-order valence-corrected chi connectivity index (χ1v) is 9.77. The lowest BCUT2D eigenvalue weighted by Gasteiger charge is -2.25. The van der Waals surface area contributed by atoms with Gasteiger partial charge in [-0.1, -0.05) is 31.0 Å². The lowest BCUT2D eigenvalue weighted by molar-refractivity contribution is -0.137. The van der Waals surface area contributed by atoms with Crippen molar-refractivity contribution in [2.45, 2.75) is 52.0 Å². The molecule has 1 aromatic carbocycles. The molecule has 1 atom stereocenters. The summed E-state index contributed by atoms with van der Waals surface area (Å²) in [5.41, 5.74) is 2.78. The fraction of sp³-hybridized carbons (Fsp3) is 0.571. The van der Waals surface area contributed by atoms with Crippen molar-refractivity contribution in [3.05, 3.63) is 29.3 Å². The van der Waals surface area contributed by atoms with Gasteiger partial charge in [-0.2, -0.15) is 0 Å². The predicted octanol–water partition coefficient (Wildman–Crippen LogP) is 2.49. The molecule has 0 radical (unpaired) electrons. The maximum atomic E-state index is 12.7. The van der Waals surface area contributed by atoms with Crippen LogP contribution >= 0.6 is 0 Å². The van der Waals surface area contributed by atoms with Gasteiger partial charge in [-0.15, -0.1) is 0 Å². The summed E-state index contributed by atoms with van der Waals surface area (Å²) >= 11 is 0. The maximum Gasteiger partial charge on any atom is 0.243 e. The molecule has 6 nitrogen and oxygen atoms in total. The van der Waals surface area contributed by atoms with Crippen LogP contribution < -0.4 is 5.32 Å². The van der Waals surface area contributed by atoms with Gasteiger partial charge in [-0.05, 0) is 37.8 Å². The molecule has 0 aromatic heterocycles. The monoisotopic (exact) mass is 371 g/mol. The van der Waals surface area contributed by atoms with Crippen molar-refractivity contribution in [1.82, 2.24) is 9.80 Å². The number of aryl methyl sites for hydroxylation is 2. The molecular weight excluding hydrogens is 342 g/mol. The van der Waals surface area contributed by atoms with Crippen molar-refractivity contribution in [3.63, 3.8) is 0 Å². The number of carbonyl (C=O) groups excluding carboxylic acids is 3. The number of rotatable bonds is 5. The molecule has 1 saturated carbocycles. The molecule has 1 aliphatic heterocycles. The zero-order valence-corrected chi connectivity index (χ0v) is 16.5. The van der Waals surface area contributed by atoms with Crippen LogP contribution in [-0.2, 0) is 14.4 Å². The van der Waals surface area contributed by atoms with Gasteiger partial charge in [0.2, 0.25) is 17.7 Å². The Morgan fingerprint density at radius 2 is 1.81 bits per heavy atom. The van der Waals surface area contributed by atoms with Gasteiger partial charge in [0.25, 0.3) is 0 Å². The zero-order chi connectivity index (χ0) is 19.6. The summed E-state index contributed by atoms with van der Waals surface area (Å²) in [6.07, 6.45) is 4.66. The van der Waals surface area contributed by atoms with Crippen molar-refractivity contribution < 1.29 is 14.4 Å². The van der Waals surface area contributed by atoms with Crippen molar-refractivity contribution in [1.29, 1.82) is 0 Å². The fourth-order valence-corrected chi connectivity index (χ4v) is 4.26.